The van der Waals surface area contributed by atoms with E-state index in [1.54, 1.807) is 16.4 Å². The number of anilines is 1. The van der Waals surface area contributed by atoms with Crippen LogP contribution in [0.4, 0.5) is 5.82 Å². The molecule has 2 aliphatic heterocycles. The van der Waals surface area contributed by atoms with Gasteiger partial charge in [-0.2, -0.15) is 4.31 Å². The molecule has 1 saturated heterocycles. The van der Waals surface area contributed by atoms with Crippen LogP contribution in [0, 0.1) is 11.3 Å². The Morgan fingerprint density at radius 2 is 2.00 bits per heavy atom. The largest absolute Gasteiger partial charge is 0.370 e. The lowest BCUT2D eigenvalue weighted by Gasteiger charge is -2.43. The van der Waals surface area contributed by atoms with Gasteiger partial charge in [0.1, 0.15) is 10.0 Å². The number of hydrogen-bond donors (Lipinski definition) is 1. The van der Waals surface area contributed by atoms with Crippen molar-refractivity contribution in [3.05, 3.63) is 38.9 Å². The van der Waals surface area contributed by atoms with Crippen LogP contribution < -0.4 is 4.90 Å². The van der Waals surface area contributed by atoms with Crippen molar-refractivity contribution in [1.29, 1.82) is 5.41 Å². The molecule has 0 amide bonds. The molecule has 1 atom stereocenters. The highest BCUT2D eigenvalue weighted by Crippen LogP contribution is 2.46. The summed E-state index contributed by atoms with van der Waals surface area (Å²) < 4.78 is 35.5. The van der Waals surface area contributed by atoms with Crippen LogP contribution in [0.25, 0.3) is 0 Å². The first-order valence-corrected chi connectivity index (χ1v) is 14.9. The van der Waals surface area contributed by atoms with E-state index >= 15 is 0 Å². The van der Waals surface area contributed by atoms with Crippen molar-refractivity contribution in [2.75, 3.05) is 24.5 Å². The summed E-state index contributed by atoms with van der Waals surface area (Å²) in [5, 5.41) is 8.30. The first-order chi connectivity index (χ1) is 16.5. The Morgan fingerprint density at radius 3 is 2.60 bits per heavy atom. The molecule has 2 aromatic rings. The van der Waals surface area contributed by atoms with E-state index in [9.17, 15) is 8.42 Å². The normalized spacial score (nSPS) is 22.9. The first-order valence-electron chi connectivity index (χ1n) is 12.2. The Labute approximate surface area is 217 Å². The third kappa shape index (κ3) is 4.66. The van der Waals surface area contributed by atoms with Crippen molar-refractivity contribution in [2.45, 2.75) is 75.3 Å². The van der Waals surface area contributed by atoms with Crippen LogP contribution in [0.15, 0.2) is 16.3 Å². The predicted molar refractivity (Wildman–Crippen MR) is 141 cm³/mol. The van der Waals surface area contributed by atoms with Crippen LogP contribution in [0.3, 0.4) is 0 Å². The van der Waals surface area contributed by atoms with Crippen molar-refractivity contribution >= 4 is 45.0 Å². The number of fused-ring (bicyclic) bond motifs is 1. The average molecular weight is 537 g/mol. The maximum atomic E-state index is 13.5. The van der Waals surface area contributed by atoms with Gasteiger partial charge in [0.2, 0.25) is 0 Å². The third-order valence-electron chi connectivity index (χ3n) is 7.33. The van der Waals surface area contributed by atoms with Crippen LogP contribution in [0.5, 0.6) is 0 Å². The number of rotatable bonds is 6. The second kappa shape index (κ2) is 9.10. The second-order valence-electron chi connectivity index (χ2n) is 10.8. The fourth-order valence-corrected chi connectivity index (χ4v) is 8.62. The quantitative estimate of drug-likeness (QED) is 0.521. The molecule has 4 heterocycles. The number of nitrogens with one attached hydrogen (secondary N) is 1. The van der Waals surface area contributed by atoms with E-state index in [1.807, 2.05) is 0 Å². The maximum absolute atomic E-state index is 13.5. The molecule has 0 unspecified atom stereocenters. The molecule has 2 aromatic heterocycles. The van der Waals surface area contributed by atoms with Gasteiger partial charge >= 0.3 is 0 Å². The summed E-state index contributed by atoms with van der Waals surface area (Å²) in [5.41, 5.74) is 4.00. The maximum Gasteiger partial charge on any atom is 0.252 e. The Morgan fingerprint density at radius 1 is 1.26 bits per heavy atom. The molecular weight excluding hydrogens is 504 g/mol. The fourth-order valence-electron chi connectivity index (χ4n) is 5.27. The fraction of sp³-hybridized carbons (Fsp3) is 0.600. The van der Waals surface area contributed by atoms with E-state index in [1.165, 1.54) is 11.8 Å². The van der Waals surface area contributed by atoms with Gasteiger partial charge in [-0.1, -0.05) is 25.4 Å². The van der Waals surface area contributed by atoms with Gasteiger partial charge in [0.15, 0.2) is 0 Å². The van der Waals surface area contributed by atoms with Crippen LogP contribution in [0.2, 0.25) is 4.34 Å². The van der Waals surface area contributed by atoms with E-state index in [0.29, 0.717) is 36.5 Å². The van der Waals surface area contributed by atoms with E-state index in [0.717, 1.165) is 53.2 Å². The minimum Gasteiger partial charge on any atom is -0.370 e. The molecule has 2 fully saturated rings. The number of aromatic nitrogens is 1. The highest BCUT2D eigenvalue weighted by molar-refractivity contribution is 7.91. The standard InChI is InChI=1S/C25H33ClN4O3S2/c1-15(2)20-13-29(9-10-30(20)35(31,32)22-8-7-21(26)34-22)24-18(12-27)17-11-25(3,4)33-14-19(17)23(28-24)16-5-6-16/h7-8,12,15-16,20,27H,5-6,9-11,13-14H2,1-4H3/t20-/m0/s1. The topological polar surface area (TPSA) is 86.6 Å². The van der Waals surface area contributed by atoms with Gasteiger partial charge in [0, 0.05) is 55.4 Å². The molecule has 0 spiro atoms. The van der Waals surface area contributed by atoms with E-state index in [4.69, 9.17) is 26.7 Å². The molecule has 1 aliphatic carbocycles. The summed E-state index contributed by atoms with van der Waals surface area (Å²) in [7, 11) is -3.64. The number of nitrogens with zero attached hydrogens (tertiary/aromatic N) is 3. The van der Waals surface area contributed by atoms with Crippen LogP contribution >= 0.6 is 22.9 Å². The van der Waals surface area contributed by atoms with Crippen molar-refractivity contribution in [2.24, 2.45) is 5.92 Å². The minimum absolute atomic E-state index is 0.110. The predicted octanol–water partition coefficient (Wildman–Crippen LogP) is 5.06. The van der Waals surface area contributed by atoms with Gasteiger partial charge in [-0.05, 0) is 50.3 Å². The number of hydrogen-bond acceptors (Lipinski definition) is 7. The number of piperazine rings is 1. The zero-order valence-corrected chi connectivity index (χ0v) is 23.1. The first kappa shape index (κ1) is 25.1. The second-order valence-corrected chi connectivity index (χ2v) is 14.6. The summed E-state index contributed by atoms with van der Waals surface area (Å²) >= 11 is 7.15. The van der Waals surface area contributed by atoms with Crippen molar-refractivity contribution in [3.8, 4) is 0 Å². The van der Waals surface area contributed by atoms with Gasteiger partial charge in [0.25, 0.3) is 10.0 Å². The average Bonchev–Trinajstić information content (AvgIpc) is 3.56. The molecule has 0 aromatic carbocycles. The molecule has 190 valence electrons. The van der Waals surface area contributed by atoms with E-state index < -0.39 is 10.0 Å². The third-order valence-corrected chi connectivity index (χ3v) is 11.0. The molecule has 0 bridgehead atoms. The van der Waals surface area contributed by atoms with Crippen molar-refractivity contribution in [1.82, 2.24) is 9.29 Å². The molecule has 0 radical (unpaired) electrons. The molecule has 1 saturated carbocycles. The summed E-state index contributed by atoms with van der Waals surface area (Å²) in [6.07, 6.45) is 4.44. The number of thiophene rings is 1. The Bertz CT molecular complexity index is 1250. The number of pyridine rings is 1. The SMILES string of the molecule is CC(C)[C@@H]1CN(c2nc(C3CC3)c3c(c2C=N)CC(C)(C)OC3)CCN1S(=O)(=O)c1ccc(Cl)s1. The molecule has 1 N–H and O–H groups in total. The lowest BCUT2D eigenvalue weighted by Crippen LogP contribution is -2.57. The smallest absolute Gasteiger partial charge is 0.252 e. The molecule has 5 rings (SSSR count). The summed E-state index contributed by atoms with van der Waals surface area (Å²) in [6, 6.07) is 3.02. The lowest BCUT2D eigenvalue weighted by molar-refractivity contribution is -0.0406. The monoisotopic (exact) mass is 536 g/mol. The lowest BCUT2D eigenvalue weighted by atomic mass is 9.87. The highest BCUT2D eigenvalue weighted by atomic mass is 35.5. The van der Waals surface area contributed by atoms with Crippen molar-refractivity contribution in [3.63, 3.8) is 0 Å². The van der Waals surface area contributed by atoms with E-state index in [2.05, 4.69) is 32.6 Å². The Hall–Kier alpha value is -1.52. The van der Waals surface area contributed by atoms with Gasteiger partial charge in [-0.3, -0.25) is 0 Å². The highest BCUT2D eigenvalue weighted by Gasteiger charge is 2.41. The summed E-state index contributed by atoms with van der Waals surface area (Å²) in [5.74, 6) is 1.39. The van der Waals surface area contributed by atoms with Crippen LogP contribution in [-0.2, 0) is 27.8 Å². The molecule has 7 nitrogen and oxygen atoms in total. The Kier molecular flexibility index (Phi) is 6.54. The zero-order valence-electron chi connectivity index (χ0n) is 20.7. The molecule has 10 heteroatoms. The van der Waals surface area contributed by atoms with Gasteiger partial charge in [0.05, 0.1) is 22.2 Å². The van der Waals surface area contributed by atoms with Gasteiger partial charge in [-0.25, -0.2) is 13.4 Å². The van der Waals surface area contributed by atoms with Gasteiger partial charge < -0.3 is 15.0 Å². The minimum atomic E-state index is -3.64. The molecule has 35 heavy (non-hydrogen) atoms. The zero-order chi connectivity index (χ0) is 25.1. The van der Waals surface area contributed by atoms with Crippen molar-refractivity contribution < 1.29 is 13.2 Å². The number of ether oxygens (including phenoxy) is 1. The van der Waals surface area contributed by atoms with Crippen LogP contribution in [-0.4, -0.2) is 55.2 Å². The molecular formula is C25H33ClN4O3S2. The molecule has 3 aliphatic rings. The van der Waals surface area contributed by atoms with Crippen LogP contribution in [0.1, 0.15) is 68.8 Å². The summed E-state index contributed by atoms with van der Waals surface area (Å²) in [6.45, 7) is 10.3. The Balaban J connectivity index is 1.53. The number of sulfonamides is 1. The van der Waals surface area contributed by atoms with E-state index in [-0.39, 0.29) is 21.8 Å². The summed E-state index contributed by atoms with van der Waals surface area (Å²) in [4.78, 5) is 7.35. The van der Waals surface area contributed by atoms with Gasteiger partial charge in [-0.15, -0.1) is 11.3 Å². The number of halogens is 1.